The normalized spacial score (nSPS) is 9.21. The fourth-order valence-corrected chi connectivity index (χ4v) is 1.29. The van der Waals surface area contributed by atoms with Crippen LogP contribution in [0.2, 0.25) is 0 Å². The Labute approximate surface area is 82.9 Å². The maximum atomic E-state index is 11.2. The van der Waals surface area contributed by atoms with Gasteiger partial charge in [0.25, 0.3) is 0 Å². The van der Waals surface area contributed by atoms with Crippen molar-refractivity contribution in [2.75, 3.05) is 7.11 Å². The van der Waals surface area contributed by atoms with Crippen molar-refractivity contribution in [2.24, 2.45) is 0 Å². The molecule has 0 amide bonds. The number of aryl methyl sites for hydroxylation is 1. The number of nitrogens with zero attached hydrogens (tertiary/aromatic N) is 1. The minimum absolute atomic E-state index is 0.311. The summed E-state index contributed by atoms with van der Waals surface area (Å²) in [4.78, 5) is 11.2. The smallest absolute Gasteiger partial charge is 0.337 e. The Hall–Kier alpha value is -1.82. The fourth-order valence-electron chi connectivity index (χ4n) is 1.29. The van der Waals surface area contributed by atoms with Crippen LogP contribution in [-0.4, -0.2) is 13.1 Å². The first-order valence-electron chi connectivity index (χ1n) is 4.23. The summed E-state index contributed by atoms with van der Waals surface area (Å²) < 4.78 is 4.60. The lowest BCUT2D eigenvalue weighted by Crippen LogP contribution is -2.02. The Morgan fingerprint density at radius 3 is 2.79 bits per heavy atom. The van der Waals surface area contributed by atoms with E-state index in [9.17, 15) is 4.79 Å². The Kier molecular flexibility index (Phi) is 3.24. The number of ether oxygens (including phenoxy) is 1. The van der Waals surface area contributed by atoms with Crippen LogP contribution in [0.1, 0.15) is 21.5 Å². The van der Waals surface area contributed by atoms with Crippen molar-refractivity contribution in [2.45, 2.75) is 13.3 Å². The van der Waals surface area contributed by atoms with Crippen LogP contribution in [0, 0.1) is 18.3 Å². The molecule has 0 fully saturated rings. The first kappa shape index (κ1) is 10.3. The van der Waals surface area contributed by atoms with E-state index in [1.807, 2.05) is 19.1 Å². The highest BCUT2D eigenvalue weighted by molar-refractivity contribution is 5.89. The van der Waals surface area contributed by atoms with Crippen molar-refractivity contribution >= 4 is 5.97 Å². The van der Waals surface area contributed by atoms with Gasteiger partial charge >= 0.3 is 5.97 Å². The number of hydrogen-bond acceptors (Lipinski definition) is 3. The number of nitriles is 1. The Morgan fingerprint density at radius 1 is 1.50 bits per heavy atom. The van der Waals surface area contributed by atoms with Crippen LogP contribution in [0.4, 0.5) is 0 Å². The van der Waals surface area contributed by atoms with Crippen LogP contribution in [-0.2, 0) is 11.2 Å². The summed E-state index contributed by atoms with van der Waals surface area (Å²) in [6, 6.07) is 7.35. The van der Waals surface area contributed by atoms with Crippen molar-refractivity contribution in [1.82, 2.24) is 0 Å². The summed E-state index contributed by atoms with van der Waals surface area (Å²) in [6.45, 7) is 1.88. The predicted molar refractivity (Wildman–Crippen MR) is 51.8 cm³/mol. The Bertz CT molecular complexity index is 391. The summed E-state index contributed by atoms with van der Waals surface area (Å²) in [7, 11) is 1.34. The molecule has 0 bridgehead atoms. The molecule has 0 spiro atoms. The largest absolute Gasteiger partial charge is 0.465 e. The van der Waals surface area contributed by atoms with Gasteiger partial charge in [-0.2, -0.15) is 5.26 Å². The highest BCUT2D eigenvalue weighted by atomic mass is 16.5. The lowest BCUT2D eigenvalue weighted by atomic mass is 10.0. The summed E-state index contributed by atoms with van der Waals surface area (Å²) in [6.07, 6.45) is 0.311. The van der Waals surface area contributed by atoms with Gasteiger partial charge in [-0.15, -0.1) is 0 Å². The van der Waals surface area contributed by atoms with Crippen molar-refractivity contribution in [1.29, 1.82) is 5.26 Å². The van der Waals surface area contributed by atoms with Gasteiger partial charge in [-0.05, 0) is 30.2 Å². The van der Waals surface area contributed by atoms with Crippen LogP contribution in [0.25, 0.3) is 0 Å². The van der Waals surface area contributed by atoms with Gasteiger partial charge in [0.05, 0.1) is 25.2 Å². The number of methoxy groups -OCH3 is 1. The Morgan fingerprint density at radius 2 is 2.21 bits per heavy atom. The van der Waals surface area contributed by atoms with E-state index >= 15 is 0 Å². The molecule has 3 nitrogen and oxygen atoms in total. The molecule has 0 aliphatic carbocycles. The molecule has 14 heavy (non-hydrogen) atoms. The average molecular weight is 189 g/mol. The van der Waals surface area contributed by atoms with E-state index < -0.39 is 0 Å². The zero-order valence-corrected chi connectivity index (χ0v) is 8.20. The van der Waals surface area contributed by atoms with Gasteiger partial charge in [0, 0.05) is 0 Å². The highest BCUT2D eigenvalue weighted by Crippen LogP contribution is 2.11. The average Bonchev–Trinajstić information content (AvgIpc) is 2.16. The first-order valence-corrected chi connectivity index (χ1v) is 4.23. The van der Waals surface area contributed by atoms with Crippen LogP contribution in [0.3, 0.4) is 0 Å². The number of carbonyl (C=O) groups is 1. The van der Waals surface area contributed by atoms with E-state index in [4.69, 9.17) is 5.26 Å². The van der Waals surface area contributed by atoms with Crippen LogP contribution in [0.5, 0.6) is 0 Å². The molecule has 72 valence electrons. The van der Waals surface area contributed by atoms with E-state index in [0.717, 1.165) is 11.1 Å². The van der Waals surface area contributed by atoms with E-state index in [-0.39, 0.29) is 5.97 Å². The maximum Gasteiger partial charge on any atom is 0.337 e. The number of benzene rings is 1. The zero-order valence-electron chi connectivity index (χ0n) is 8.20. The number of hydrogen-bond donors (Lipinski definition) is 0. The second-order valence-corrected chi connectivity index (χ2v) is 3.03. The first-order chi connectivity index (χ1) is 6.67. The van der Waals surface area contributed by atoms with Crippen molar-refractivity contribution in [3.8, 4) is 6.07 Å². The summed E-state index contributed by atoms with van der Waals surface area (Å²) >= 11 is 0. The van der Waals surface area contributed by atoms with Crippen molar-refractivity contribution in [3.63, 3.8) is 0 Å². The molecule has 3 heteroatoms. The molecule has 0 atom stereocenters. The van der Waals surface area contributed by atoms with Crippen molar-refractivity contribution in [3.05, 3.63) is 34.9 Å². The monoisotopic (exact) mass is 189 g/mol. The fraction of sp³-hybridized carbons (Fsp3) is 0.273. The minimum Gasteiger partial charge on any atom is -0.465 e. The van der Waals surface area contributed by atoms with Gasteiger partial charge in [-0.3, -0.25) is 0 Å². The third-order valence-corrected chi connectivity index (χ3v) is 1.84. The number of rotatable bonds is 2. The van der Waals surface area contributed by atoms with Gasteiger partial charge in [-0.25, -0.2) is 4.79 Å². The van der Waals surface area contributed by atoms with Gasteiger partial charge in [-0.1, -0.05) is 6.07 Å². The predicted octanol–water partition coefficient (Wildman–Crippen LogP) is 1.85. The standard InChI is InChI=1S/C11H11NO2/c1-8-5-9(3-4-12)7-10(6-8)11(13)14-2/h5-7H,3H2,1-2H3. The van der Waals surface area contributed by atoms with Gasteiger partial charge in [0.1, 0.15) is 0 Å². The Balaban J connectivity index is 3.08. The number of carbonyl (C=O) groups excluding carboxylic acids is 1. The van der Waals surface area contributed by atoms with Crippen molar-refractivity contribution < 1.29 is 9.53 Å². The third-order valence-electron chi connectivity index (χ3n) is 1.84. The van der Waals surface area contributed by atoms with Crippen LogP contribution >= 0.6 is 0 Å². The SMILES string of the molecule is COC(=O)c1cc(C)cc(CC#N)c1. The summed E-state index contributed by atoms with van der Waals surface area (Å²) in [5.41, 5.74) is 2.30. The molecule has 1 aromatic carbocycles. The van der Waals surface area contributed by atoms with Crippen LogP contribution in [0.15, 0.2) is 18.2 Å². The molecule has 1 aromatic rings. The maximum absolute atomic E-state index is 11.2. The minimum atomic E-state index is -0.368. The number of esters is 1. The van der Waals surface area contributed by atoms with E-state index in [2.05, 4.69) is 4.74 Å². The molecule has 0 N–H and O–H groups in total. The van der Waals surface area contributed by atoms with Gasteiger partial charge in [0.15, 0.2) is 0 Å². The third kappa shape index (κ3) is 2.33. The molecule has 1 rings (SSSR count). The molecule has 0 aliphatic rings. The lowest BCUT2D eigenvalue weighted by molar-refractivity contribution is 0.0600. The lowest BCUT2D eigenvalue weighted by Gasteiger charge is -2.03. The molecule has 0 aliphatic heterocycles. The van der Waals surface area contributed by atoms with E-state index in [1.165, 1.54) is 7.11 Å². The molecule has 0 heterocycles. The van der Waals surface area contributed by atoms with Gasteiger partial charge < -0.3 is 4.74 Å². The summed E-state index contributed by atoms with van der Waals surface area (Å²) in [5.74, 6) is -0.368. The zero-order chi connectivity index (χ0) is 10.6. The molecule has 0 saturated carbocycles. The quantitative estimate of drug-likeness (QED) is 0.667. The second kappa shape index (κ2) is 4.43. The molecular formula is C11H11NO2. The molecule has 0 radical (unpaired) electrons. The van der Waals surface area contributed by atoms with E-state index in [0.29, 0.717) is 12.0 Å². The summed E-state index contributed by atoms with van der Waals surface area (Å²) in [5, 5.41) is 8.53. The van der Waals surface area contributed by atoms with Gasteiger partial charge in [0.2, 0.25) is 0 Å². The highest BCUT2D eigenvalue weighted by Gasteiger charge is 2.06. The second-order valence-electron chi connectivity index (χ2n) is 3.03. The molecule has 0 unspecified atom stereocenters. The van der Waals surface area contributed by atoms with E-state index in [1.54, 1.807) is 12.1 Å². The molecular weight excluding hydrogens is 178 g/mol. The van der Waals surface area contributed by atoms with Crippen LogP contribution < -0.4 is 0 Å². The molecule has 0 saturated heterocycles. The topological polar surface area (TPSA) is 50.1 Å². The molecule has 0 aromatic heterocycles.